The summed E-state index contributed by atoms with van der Waals surface area (Å²) in [5.74, 6) is 0. The van der Waals surface area contributed by atoms with Gasteiger partial charge in [-0.3, -0.25) is 9.09 Å². The first kappa shape index (κ1) is 28.0. The average Bonchev–Trinajstić information content (AvgIpc) is 2.45. The van der Waals surface area contributed by atoms with Gasteiger partial charge in [-0.2, -0.15) is 0 Å². The lowest BCUT2D eigenvalue weighted by Crippen LogP contribution is -2.71. The molecule has 0 aliphatic carbocycles. The van der Waals surface area contributed by atoms with E-state index in [4.69, 9.17) is 69.6 Å². The number of quaternary nitrogens is 1. The Labute approximate surface area is 173 Å². The third-order valence-electron chi connectivity index (χ3n) is 3.45. The van der Waals surface area contributed by atoms with E-state index in [9.17, 15) is 9.46 Å². The van der Waals surface area contributed by atoms with Crippen molar-refractivity contribution in [3.63, 3.8) is 0 Å². The molecule has 0 aromatic carbocycles. The Morgan fingerprint density at radius 3 is 1.58 bits per heavy atom. The predicted octanol–water partition coefficient (Wildman–Crippen LogP) is 4.81. The highest BCUT2D eigenvalue weighted by Crippen LogP contribution is 2.56. The minimum absolute atomic E-state index is 0.178. The van der Waals surface area contributed by atoms with Gasteiger partial charge < -0.3 is 15.2 Å². The normalized spacial score (nSPS) is 17.7. The van der Waals surface area contributed by atoms with Crippen LogP contribution in [0.1, 0.15) is 47.0 Å². The molecule has 5 nitrogen and oxygen atoms in total. The second-order valence-electron chi connectivity index (χ2n) is 4.96. The molecule has 0 aromatic heterocycles. The zero-order chi connectivity index (χ0) is 19.8. The fourth-order valence-electron chi connectivity index (χ4n) is 1.31. The fraction of sp³-hybridized carbons (Fsp3) is 1.00. The largest absolute Gasteiger partial charge is 0.756 e. The summed E-state index contributed by atoms with van der Waals surface area (Å²) in [6, 6.07) is 0. The lowest BCUT2D eigenvalue weighted by Gasteiger charge is -2.38. The van der Waals surface area contributed by atoms with Crippen LogP contribution in [0.2, 0.25) is 0 Å². The molecule has 0 radical (unpaired) electrons. The van der Waals surface area contributed by atoms with Crippen LogP contribution in [0.3, 0.4) is 0 Å². The molecule has 0 aliphatic heterocycles. The minimum atomic E-state index is -4.77. The van der Waals surface area contributed by atoms with Crippen molar-refractivity contribution in [2.75, 3.05) is 6.61 Å². The Morgan fingerprint density at radius 2 is 1.42 bits per heavy atom. The van der Waals surface area contributed by atoms with Crippen LogP contribution in [0.25, 0.3) is 0 Å². The number of phosphoric acid groups is 1. The Bertz CT molecular complexity index is 397. The van der Waals surface area contributed by atoms with Crippen LogP contribution >= 0.6 is 77.4 Å². The molecule has 0 saturated carbocycles. The van der Waals surface area contributed by atoms with Gasteiger partial charge in [0.15, 0.2) is 4.84 Å². The Hall–Kier alpha value is 1.81. The standard InChI is InChI=1S/C7H17N.C5H7Cl6O4P/c1-4-7(8,5-2)6-3;1-2-14-16(12,13)15-4(8,3(6)7)5(9,10)11/h4-6,8H2,1-3H3;3H,2H2,1H3,(H,12,13). The SMILES string of the molecule is CCC([NH3+])(CC)CC.CCOP(=O)([O-])OC(Cl)(C(Cl)Cl)C(Cl)(Cl)Cl. The van der Waals surface area contributed by atoms with E-state index in [1.54, 1.807) is 0 Å². The topological polar surface area (TPSA) is 86.2 Å². The van der Waals surface area contributed by atoms with E-state index in [1.165, 1.54) is 26.2 Å². The number of rotatable bonds is 8. The fourth-order valence-corrected chi connectivity index (χ4v) is 3.98. The van der Waals surface area contributed by atoms with Crippen LogP contribution in [0, 0.1) is 0 Å². The van der Waals surface area contributed by atoms with E-state index < -0.39 is 21.5 Å². The molecule has 24 heavy (non-hydrogen) atoms. The highest BCUT2D eigenvalue weighted by molar-refractivity contribution is 7.46. The first-order chi connectivity index (χ1) is 10.6. The molecular formula is C12H24Cl6NO4P. The molecule has 0 heterocycles. The summed E-state index contributed by atoms with van der Waals surface area (Å²) >= 11 is 32.8. The third-order valence-corrected chi connectivity index (χ3v) is 7.19. The maximum Gasteiger partial charge on any atom is 0.269 e. The average molecular weight is 490 g/mol. The van der Waals surface area contributed by atoms with Gasteiger partial charge in [0.05, 0.1) is 12.1 Å². The maximum absolute atomic E-state index is 11.2. The number of alkyl halides is 6. The quantitative estimate of drug-likeness (QED) is 0.391. The predicted molar refractivity (Wildman–Crippen MR) is 101 cm³/mol. The van der Waals surface area contributed by atoms with Crippen LogP contribution in [0.15, 0.2) is 0 Å². The molecule has 2 atom stereocenters. The van der Waals surface area contributed by atoms with Gasteiger partial charge >= 0.3 is 0 Å². The van der Waals surface area contributed by atoms with Crippen molar-refractivity contribution in [2.45, 2.75) is 66.2 Å². The lowest BCUT2D eigenvalue weighted by molar-refractivity contribution is -0.480. The highest BCUT2D eigenvalue weighted by atomic mass is 35.6. The van der Waals surface area contributed by atoms with E-state index in [0.717, 1.165) is 0 Å². The molecule has 0 fully saturated rings. The van der Waals surface area contributed by atoms with Gasteiger partial charge in [0.2, 0.25) is 8.85 Å². The number of hydrogen-bond donors (Lipinski definition) is 1. The number of halogens is 6. The Morgan fingerprint density at radius 1 is 1.04 bits per heavy atom. The zero-order valence-corrected chi connectivity index (χ0v) is 19.4. The van der Waals surface area contributed by atoms with Crippen LogP contribution in [-0.4, -0.2) is 25.8 Å². The first-order valence-corrected chi connectivity index (χ1v) is 11.0. The van der Waals surface area contributed by atoms with Gasteiger partial charge in [-0.05, 0) is 26.2 Å². The number of phosphoric ester groups is 1. The van der Waals surface area contributed by atoms with Crippen LogP contribution in [-0.2, 0) is 13.6 Å². The summed E-state index contributed by atoms with van der Waals surface area (Å²) < 4.78 is 17.5. The Kier molecular flexibility index (Phi) is 13.6. The summed E-state index contributed by atoms with van der Waals surface area (Å²) in [6.07, 6.45) is 3.63. The molecule has 3 N–H and O–H groups in total. The smallest absolute Gasteiger partial charge is 0.269 e. The molecule has 0 saturated heterocycles. The van der Waals surface area contributed by atoms with E-state index >= 15 is 0 Å². The molecular weight excluding hydrogens is 466 g/mol. The van der Waals surface area contributed by atoms with E-state index in [1.807, 2.05) is 0 Å². The van der Waals surface area contributed by atoms with E-state index in [2.05, 4.69) is 35.6 Å². The van der Waals surface area contributed by atoms with Gasteiger partial charge in [-0.15, -0.1) is 23.2 Å². The molecule has 0 aliphatic rings. The minimum Gasteiger partial charge on any atom is -0.756 e. The zero-order valence-electron chi connectivity index (χ0n) is 14.0. The molecule has 0 rings (SSSR count). The first-order valence-electron chi connectivity index (χ1n) is 7.20. The van der Waals surface area contributed by atoms with E-state index in [-0.39, 0.29) is 6.61 Å². The third kappa shape index (κ3) is 9.66. The van der Waals surface area contributed by atoms with Gasteiger partial charge in [0.25, 0.3) is 7.82 Å². The molecule has 2 unspecified atom stereocenters. The number of hydrogen-bond acceptors (Lipinski definition) is 4. The van der Waals surface area contributed by atoms with Crippen molar-refractivity contribution in [3.8, 4) is 0 Å². The van der Waals surface area contributed by atoms with Crippen molar-refractivity contribution in [2.24, 2.45) is 0 Å². The summed E-state index contributed by atoms with van der Waals surface area (Å²) in [5.41, 5.74) is 4.50. The molecule has 0 bridgehead atoms. The molecule has 148 valence electrons. The molecule has 0 spiro atoms. The van der Waals surface area contributed by atoms with Crippen molar-refractivity contribution in [1.29, 1.82) is 0 Å². The summed E-state index contributed by atoms with van der Waals surface area (Å²) in [5, 5.41) is -2.48. The van der Waals surface area contributed by atoms with Crippen LogP contribution in [0.4, 0.5) is 0 Å². The van der Waals surface area contributed by atoms with Crippen molar-refractivity contribution < 1.29 is 24.2 Å². The van der Waals surface area contributed by atoms with Crippen molar-refractivity contribution in [3.05, 3.63) is 0 Å². The Balaban J connectivity index is 0. The second kappa shape index (κ2) is 11.6. The van der Waals surface area contributed by atoms with Gasteiger partial charge in [-0.25, -0.2) is 0 Å². The lowest BCUT2D eigenvalue weighted by atomic mass is 9.92. The van der Waals surface area contributed by atoms with E-state index in [0.29, 0.717) is 5.54 Å². The summed E-state index contributed by atoms with van der Waals surface area (Å²) in [6.45, 7) is 7.86. The van der Waals surface area contributed by atoms with Crippen molar-refractivity contribution >= 4 is 77.4 Å². The van der Waals surface area contributed by atoms with Crippen LogP contribution < -0.4 is 10.6 Å². The van der Waals surface area contributed by atoms with Crippen molar-refractivity contribution in [1.82, 2.24) is 0 Å². The second-order valence-corrected chi connectivity index (χ2v) is 10.2. The molecule has 0 aromatic rings. The summed E-state index contributed by atoms with van der Waals surface area (Å²) in [7, 11) is -4.77. The van der Waals surface area contributed by atoms with Gasteiger partial charge in [-0.1, -0.05) is 67.2 Å². The monoisotopic (exact) mass is 487 g/mol. The maximum atomic E-state index is 11.2. The van der Waals surface area contributed by atoms with Gasteiger partial charge in [0, 0.05) is 0 Å². The summed E-state index contributed by atoms with van der Waals surface area (Å²) in [4.78, 5) is 9.58. The highest BCUT2D eigenvalue weighted by Gasteiger charge is 2.55. The van der Waals surface area contributed by atoms with Gasteiger partial charge in [0.1, 0.15) is 0 Å². The molecule has 0 amide bonds. The van der Waals surface area contributed by atoms with Crippen LogP contribution in [0.5, 0.6) is 0 Å². The molecule has 12 heteroatoms.